The Bertz CT molecular complexity index is 1230. The van der Waals surface area contributed by atoms with Crippen molar-refractivity contribution >= 4 is 17.2 Å². The van der Waals surface area contributed by atoms with Crippen LogP contribution in [0.25, 0.3) is 10.6 Å². The maximum Gasteiger partial charge on any atom is 0.434 e. The number of rotatable bonds is 12. The Morgan fingerprint density at radius 1 is 1.02 bits per heavy atom. The van der Waals surface area contributed by atoms with Crippen LogP contribution >= 0.6 is 11.3 Å². The fraction of sp³-hybridized carbons (Fsp3) is 0.515. The van der Waals surface area contributed by atoms with E-state index in [9.17, 15) is 18.0 Å². The van der Waals surface area contributed by atoms with Crippen LogP contribution in [0.5, 0.6) is 0 Å². The Hall–Kier alpha value is -2.71. The molecule has 0 N–H and O–H groups in total. The normalized spacial score (nSPS) is 15.0. The van der Waals surface area contributed by atoms with Crippen molar-refractivity contribution in [1.29, 1.82) is 0 Å². The molecule has 3 aromatic rings. The number of carbonyl (C=O) groups excluding carboxylic acids is 1. The third-order valence-corrected chi connectivity index (χ3v) is 8.79. The molecule has 0 atom stereocenters. The van der Waals surface area contributed by atoms with Crippen LogP contribution in [0.2, 0.25) is 0 Å². The molecule has 0 unspecified atom stereocenters. The molecule has 2 aromatic carbocycles. The Morgan fingerprint density at radius 3 is 2.27 bits per heavy atom. The molecule has 2 heterocycles. The Balaban J connectivity index is 1.49. The standard InChI is InChI=1S/C33H42F3N3OS/c1-4-5-6-7-25-8-14-28(15-9-25)32(40)39(29-17-20-38(21-18-29)19-16-24(2)3)22-26-10-12-27(13-11-26)31-37-30(23-41-31)33(34,35)36/h8-15,23-24,29H,4-7,16-22H2,1-3H3. The molecule has 41 heavy (non-hydrogen) atoms. The lowest BCUT2D eigenvalue weighted by molar-refractivity contribution is -0.140. The molecule has 0 radical (unpaired) electrons. The van der Waals surface area contributed by atoms with Crippen molar-refractivity contribution in [3.8, 4) is 10.6 Å². The number of alkyl halides is 3. The topological polar surface area (TPSA) is 36.4 Å². The van der Waals surface area contributed by atoms with Crippen LogP contribution in [0.15, 0.2) is 53.9 Å². The molecule has 222 valence electrons. The highest BCUT2D eigenvalue weighted by Crippen LogP contribution is 2.34. The zero-order valence-corrected chi connectivity index (χ0v) is 25.2. The van der Waals surface area contributed by atoms with E-state index >= 15 is 0 Å². The van der Waals surface area contributed by atoms with E-state index in [0.29, 0.717) is 28.6 Å². The van der Waals surface area contributed by atoms with Gasteiger partial charge in [-0.3, -0.25) is 4.79 Å². The molecular weight excluding hydrogens is 543 g/mol. The quantitative estimate of drug-likeness (QED) is 0.200. The molecule has 4 rings (SSSR count). The van der Waals surface area contributed by atoms with Gasteiger partial charge < -0.3 is 9.80 Å². The minimum atomic E-state index is -4.45. The first-order valence-electron chi connectivity index (χ1n) is 14.9. The van der Waals surface area contributed by atoms with Gasteiger partial charge in [-0.2, -0.15) is 13.2 Å². The SMILES string of the molecule is CCCCCc1ccc(C(=O)N(Cc2ccc(-c3nc(C(F)(F)F)cs3)cc2)C2CCN(CCC(C)C)CC2)cc1. The molecule has 0 spiro atoms. The van der Waals surface area contributed by atoms with Crippen molar-refractivity contribution in [2.45, 2.75) is 84.5 Å². The number of nitrogens with zero attached hydrogens (tertiary/aromatic N) is 3. The highest BCUT2D eigenvalue weighted by Gasteiger charge is 2.34. The van der Waals surface area contributed by atoms with Gasteiger partial charge in [-0.15, -0.1) is 11.3 Å². The van der Waals surface area contributed by atoms with E-state index in [1.807, 2.05) is 29.2 Å². The Kier molecular flexibility index (Phi) is 11.0. The van der Waals surface area contributed by atoms with Gasteiger partial charge in [0.15, 0.2) is 5.69 Å². The number of carbonyl (C=O) groups is 1. The maximum atomic E-state index is 13.9. The molecule has 8 heteroatoms. The zero-order chi connectivity index (χ0) is 29.4. The number of hydrogen-bond acceptors (Lipinski definition) is 4. The van der Waals surface area contributed by atoms with Gasteiger partial charge in [0.2, 0.25) is 0 Å². The van der Waals surface area contributed by atoms with Gasteiger partial charge in [0.25, 0.3) is 5.91 Å². The second-order valence-corrected chi connectivity index (χ2v) is 12.4. The van der Waals surface area contributed by atoms with Crippen molar-refractivity contribution in [3.05, 3.63) is 76.3 Å². The highest BCUT2D eigenvalue weighted by atomic mass is 32.1. The van der Waals surface area contributed by atoms with E-state index in [2.05, 4.69) is 42.8 Å². The summed E-state index contributed by atoms with van der Waals surface area (Å²) < 4.78 is 39.0. The number of likely N-dealkylation sites (tertiary alicyclic amines) is 1. The summed E-state index contributed by atoms with van der Waals surface area (Å²) in [4.78, 5) is 22.2. The lowest BCUT2D eigenvalue weighted by Crippen LogP contribution is -2.47. The van der Waals surface area contributed by atoms with E-state index in [0.717, 1.165) is 67.6 Å². The van der Waals surface area contributed by atoms with Crippen LogP contribution < -0.4 is 0 Å². The van der Waals surface area contributed by atoms with Gasteiger partial charge in [-0.25, -0.2) is 4.98 Å². The summed E-state index contributed by atoms with van der Waals surface area (Å²) in [6.07, 6.45) is 3.14. The summed E-state index contributed by atoms with van der Waals surface area (Å²) in [5.41, 5.74) is 2.68. The second kappa shape index (κ2) is 14.5. The van der Waals surface area contributed by atoms with E-state index in [1.54, 1.807) is 12.1 Å². The van der Waals surface area contributed by atoms with Crippen molar-refractivity contribution in [1.82, 2.24) is 14.8 Å². The minimum Gasteiger partial charge on any atom is -0.331 e. The number of unbranched alkanes of at least 4 members (excludes halogenated alkanes) is 2. The molecule has 1 aliphatic heterocycles. The smallest absolute Gasteiger partial charge is 0.331 e. The molecule has 1 fully saturated rings. The number of thiazole rings is 1. The fourth-order valence-electron chi connectivity index (χ4n) is 5.31. The molecule has 1 aliphatic rings. The van der Waals surface area contributed by atoms with Gasteiger partial charge in [-0.05, 0) is 67.8 Å². The summed E-state index contributed by atoms with van der Waals surface area (Å²) in [6, 6.07) is 15.6. The van der Waals surface area contributed by atoms with Gasteiger partial charge in [0, 0.05) is 42.2 Å². The maximum absolute atomic E-state index is 13.9. The van der Waals surface area contributed by atoms with Crippen molar-refractivity contribution in [3.63, 3.8) is 0 Å². The third kappa shape index (κ3) is 8.89. The molecule has 1 saturated heterocycles. The third-order valence-electron chi connectivity index (χ3n) is 7.90. The Morgan fingerprint density at radius 2 is 1.68 bits per heavy atom. The number of aryl methyl sites for hydroxylation is 1. The van der Waals surface area contributed by atoms with Crippen molar-refractivity contribution < 1.29 is 18.0 Å². The first kappa shape index (κ1) is 31.2. The molecule has 1 aromatic heterocycles. The molecule has 0 bridgehead atoms. The number of benzene rings is 2. The van der Waals surface area contributed by atoms with E-state index in [4.69, 9.17) is 0 Å². The second-order valence-electron chi connectivity index (χ2n) is 11.6. The van der Waals surface area contributed by atoms with E-state index < -0.39 is 11.9 Å². The first-order valence-corrected chi connectivity index (χ1v) is 15.8. The van der Waals surface area contributed by atoms with Gasteiger partial charge >= 0.3 is 6.18 Å². The Labute approximate surface area is 246 Å². The fourth-order valence-corrected chi connectivity index (χ4v) is 6.14. The van der Waals surface area contributed by atoms with Gasteiger partial charge in [0.05, 0.1) is 0 Å². The van der Waals surface area contributed by atoms with E-state index in [1.165, 1.54) is 24.8 Å². The van der Waals surface area contributed by atoms with Crippen LogP contribution in [0, 0.1) is 5.92 Å². The molecule has 1 amide bonds. The lowest BCUT2D eigenvalue weighted by atomic mass is 9.99. The average Bonchev–Trinajstić information content (AvgIpc) is 3.47. The number of piperidine rings is 1. The molecule has 0 aliphatic carbocycles. The number of halogens is 3. The molecular formula is C33H42F3N3OS. The highest BCUT2D eigenvalue weighted by molar-refractivity contribution is 7.13. The number of hydrogen-bond donors (Lipinski definition) is 0. The largest absolute Gasteiger partial charge is 0.434 e. The minimum absolute atomic E-state index is 0.0320. The van der Waals surface area contributed by atoms with E-state index in [-0.39, 0.29) is 11.9 Å². The van der Waals surface area contributed by atoms with Crippen LogP contribution in [0.3, 0.4) is 0 Å². The molecule has 4 nitrogen and oxygen atoms in total. The van der Waals surface area contributed by atoms with Crippen LogP contribution in [-0.4, -0.2) is 46.4 Å². The molecule has 0 saturated carbocycles. The van der Waals surface area contributed by atoms with Crippen LogP contribution in [0.1, 0.15) is 86.5 Å². The average molecular weight is 586 g/mol. The number of amides is 1. The summed E-state index contributed by atoms with van der Waals surface area (Å²) in [7, 11) is 0. The monoisotopic (exact) mass is 585 g/mol. The zero-order valence-electron chi connectivity index (χ0n) is 24.4. The summed E-state index contributed by atoms with van der Waals surface area (Å²) in [5, 5.41) is 1.39. The van der Waals surface area contributed by atoms with Crippen molar-refractivity contribution in [2.75, 3.05) is 19.6 Å². The summed E-state index contributed by atoms with van der Waals surface area (Å²) >= 11 is 0.987. The van der Waals surface area contributed by atoms with Crippen LogP contribution in [-0.2, 0) is 19.1 Å². The van der Waals surface area contributed by atoms with Crippen LogP contribution in [0.4, 0.5) is 13.2 Å². The van der Waals surface area contributed by atoms with Gasteiger partial charge in [0.1, 0.15) is 5.01 Å². The predicted octanol–water partition coefficient (Wildman–Crippen LogP) is 8.71. The first-order chi connectivity index (χ1) is 19.6. The number of aromatic nitrogens is 1. The summed E-state index contributed by atoms with van der Waals surface area (Å²) in [6.45, 7) is 10.2. The summed E-state index contributed by atoms with van der Waals surface area (Å²) in [5.74, 6) is 0.702. The predicted molar refractivity (Wildman–Crippen MR) is 161 cm³/mol. The van der Waals surface area contributed by atoms with Gasteiger partial charge in [-0.1, -0.05) is 70.0 Å². The lowest BCUT2D eigenvalue weighted by Gasteiger charge is -2.39. The van der Waals surface area contributed by atoms with Crippen molar-refractivity contribution in [2.24, 2.45) is 5.92 Å².